The van der Waals surface area contributed by atoms with Gasteiger partial charge in [-0.2, -0.15) is 0 Å². The number of rotatable bonds is 2. The molecule has 2 fully saturated rings. The van der Waals surface area contributed by atoms with Gasteiger partial charge in [0.25, 0.3) is 0 Å². The lowest BCUT2D eigenvalue weighted by molar-refractivity contribution is 0.325. The molecular formula is C15H21N5. The first-order valence-electron chi connectivity index (χ1n) is 7.64. The average Bonchev–Trinajstić information content (AvgIpc) is 3.09. The summed E-state index contributed by atoms with van der Waals surface area (Å²) in [6.45, 7) is 0. The van der Waals surface area contributed by atoms with Gasteiger partial charge in [0, 0.05) is 13.1 Å². The van der Waals surface area contributed by atoms with Crippen LogP contribution in [0, 0.1) is 5.92 Å². The molecule has 0 radical (unpaired) electrons. The molecule has 2 aromatic rings. The number of aromatic amines is 1. The van der Waals surface area contributed by atoms with Crippen molar-refractivity contribution in [3.63, 3.8) is 0 Å². The summed E-state index contributed by atoms with van der Waals surface area (Å²) in [7, 11) is 1.88. The van der Waals surface area contributed by atoms with Gasteiger partial charge in [0.15, 0.2) is 5.65 Å². The maximum atomic E-state index is 4.69. The number of fused-ring (bicyclic) bond motifs is 2. The van der Waals surface area contributed by atoms with Crippen molar-refractivity contribution in [3.8, 4) is 0 Å². The maximum absolute atomic E-state index is 4.69. The van der Waals surface area contributed by atoms with Gasteiger partial charge in [-0.25, -0.2) is 9.97 Å². The Hall–Kier alpha value is -1.62. The highest BCUT2D eigenvalue weighted by molar-refractivity contribution is 5.73. The Balaban J connectivity index is 1.62. The summed E-state index contributed by atoms with van der Waals surface area (Å²) in [5, 5.41) is 6.82. The molecule has 5 heteroatoms. The first kappa shape index (κ1) is 12.1. The SMILES string of the molecule is CNc1ccc2[nH]c(C3CC4CCCCC4N3)nc2n1. The monoisotopic (exact) mass is 271 g/mol. The normalized spacial score (nSPS) is 29.6. The van der Waals surface area contributed by atoms with Crippen molar-refractivity contribution in [1.82, 2.24) is 20.3 Å². The van der Waals surface area contributed by atoms with Gasteiger partial charge in [0.1, 0.15) is 11.6 Å². The van der Waals surface area contributed by atoms with Crippen LogP contribution in [-0.2, 0) is 0 Å². The molecule has 3 N–H and O–H groups in total. The summed E-state index contributed by atoms with van der Waals surface area (Å²) in [5.74, 6) is 2.75. The fraction of sp³-hybridized carbons (Fsp3) is 0.600. The van der Waals surface area contributed by atoms with Crippen LogP contribution >= 0.6 is 0 Å². The van der Waals surface area contributed by atoms with E-state index in [4.69, 9.17) is 4.98 Å². The zero-order chi connectivity index (χ0) is 13.5. The molecule has 2 aromatic heterocycles. The van der Waals surface area contributed by atoms with Crippen LogP contribution in [0.4, 0.5) is 5.82 Å². The molecule has 3 heterocycles. The number of hydrogen-bond acceptors (Lipinski definition) is 4. The van der Waals surface area contributed by atoms with Gasteiger partial charge < -0.3 is 15.6 Å². The van der Waals surface area contributed by atoms with E-state index in [1.165, 1.54) is 32.1 Å². The summed E-state index contributed by atoms with van der Waals surface area (Å²) < 4.78 is 0. The predicted octanol–water partition coefficient (Wildman–Crippen LogP) is 2.59. The van der Waals surface area contributed by atoms with E-state index in [9.17, 15) is 0 Å². The summed E-state index contributed by atoms with van der Waals surface area (Å²) in [6.07, 6.45) is 6.67. The van der Waals surface area contributed by atoms with E-state index in [1.807, 2.05) is 19.2 Å². The van der Waals surface area contributed by atoms with Gasteiger partial charge in [0.2, 0.25) is 0 Å². The molecule has 3 unspecified atom stereocenters. The first-order chi connectivity index (χ1) is 9.83. The largest absolute Gasteiger partial charge is 0.373 e. The Kier molecular flexibility index (Phi) is 2.88. The van der Waals surface area contributed by atoms with Crippen LogP contribution in [0.3, 0.4) is 0 Å². The van der Waals surface area contributed by atoms with E-state index >= 15 is 0 Å². The molecule has 0 bridgehead atoms. The van der Waals surface area contributed by atoms with Crippen LogP contribution in [0.25, 0.3) is 11.2 Å². The molecule has 5 nitrogen and oxygen atoms in total. The third kappa shape index (κ3) is 1.97. The second-order valence-corrected chi connectivity index (χ2v) is 6.05. The van der Waals surface area contributed by atoms with E-state index in [2.05, 4.69) is 20.6 Å². The number of imidazole rings is 1. The number of nitrogens with zero attached hydrogens (tertiary/aromatic N) is 2. The number of aromatic nitrogens is 3. The molecule has 1 aliphatic heterocycles. The highest BCUT2D eigenvalue weighted by Crippen LogP contribution is 2.38. The zero-order valence-corrected chi connectivity index (χ0v) is 11.8. The minimum atomic E-state index is 0.371. The summed E-state index contributed by atoms with van der Waals surface area (Å²) >= 11 is 0. The molecule has 1 saturated heterocycles. The van der Waals surface area contributed by atoms with Crippen LogP contribution in [0.15, 0.2) is 12.1 Å². The van der Waals surface area contributed by atoms with Crippen LogP contribution in [0.1, 0.15) is 44.0 Å². The topological polar surface area (TPSA) is 65.6 Å². The Morgan fingerprint density at radius 2 is 2.10 bits per heavy atom. The lowest BCUT2D eigenvalue weighted by Gasteiger charge is -2.24. The smallest absolute Gasteiger partial charge is 0.179 e. The second kappa shape index (κ2) is 4.74. The van der Waals surface area contributed by atoms with E-state index < -0.39 is 0 Å². The second-order valence-electron chi connectivity index (χ2n) is 6.05. The van der Waals surface area contributed by atoms with Crippen LogP contribution in [0.5, 0.6) is 0 Å². The molecule has 0 spiro atoms. The quantitative estimate of drug-likeness (QED) is 0.785. The minimum Gasteiger partial charge on any atom is -0.373 e. The Morgan fingerprint density at radius 3 is 2.95 bits per heavy atom. The van der Waals surface area contributed by atoms with Crippen molar-refractivity contribution in [1.29, 1.82) is 0 Å². The maximum Gasteiger partial charge on any atom is 0.179 e. The fourth-order valence-corrected chi connectivity index (χ4v) is 3.74. The lowest BCUT2D eigenvalue weighted by atomic mass is 9.85. The highest BCUT2D eigenvalue weighted by atomic mass is 15.1. The van der Waals surface area contributed by atoms with Crippen LogP contribution < -0.4 is 10.6 Å². The molecular weight excluding hydrogens is 250 g/mol. The molecule has 1 saturated carbocycles. The minimum absolute atomic E-state index is 0.371. The van der Waals surface area contributed by atoms with Crippen molar-refractivity contribution in [2.24, 2.45) is 5.92 Å². The number of nitrogens with one attached hydrogen (secondary N) is 3. The summed E-state index contributed by atoms with van der Waals surface area (Å²) in [5.41, 5.74) is 1.83. The van der Waals surface area contributed by atoms with Gasteiger partial charge >= 0.3 is 0 Å². The standard InChI is InChI=1S/C15H21N5/c1-16-13-7-6-11-14(19-13)20-15(18-11)12-8-9-4-2-3-5-10(9)17-12/h6-7,9-10,12,17H,2-5,8H2,1H3,(H2,16,18,19,20). The van der Waals surface area contributed by atoms with Gasteiger partial charge in [-0.15, -0.1) is 0 Å². The van der Waals surface area contributed by atoms with Crippen LogP contribution in [-0.4, -0.2) is 28.0 Å². The van der Waals surface area contributed by atoms with Crippen molar-refractivity contribution in [2.75, 3.05) is 12.4 Å². The van der Waals surface area contributed by atoms with Crippen molar-refractivity contribution < 1.29 is 0 Å². The van der Waals surface area contributed by atoms with Crippen molar-refractivity contribution in [3.05, 3.63) is 18.0 Å². The molecule has 0 amide bonds. The molecule has 4 rings (SSSR count). The Labute approximate surface area is 118 Å². The molecule has 2 aliphatic rings. The zero-order valence-electron chi connectivity index (χ0n) is 11.8. The first-order valence-corrected chi connectivity index (χ1v) is 7.64. The number of anilines is 1. The predicted molar refractivity (Wildman–Crippen MR) is 79.7 cm³/mol. The Bertz CT molecular complexity index is 606. The number of hydrogen-bond donors (Lipinski definition) is 3. The molecule has 3 atom stereocenters. The van der Waals surface area contributed by atoms with E-state index in [0.717, 1.165) is 28.7 Å². The molecule has 0 aromatic carbocycles. The van der Waals surface area contributed by atoms with Crippen LogP contribution in [0.2, 0.25) is 0 Å². The van der Waals surface area contributed by atoms with Gasteiger partial charge in [-0.1, -0.05) is 12.8 Å². The van der Waals surface area contributed by atoms with E-state index in [-0.39, 0.29) is 0 Å². The molecule has 1 aliphatic carbocycles. The lowest BCUT2D eigenvalue weighted by Crippen LogP contribution is -2.30. The summed E-state index contributed by atoms with van der Waals surface area (Å²) in [4.78, 5) is 12.6. The Morgan fingerprint density at radius 1 is 1.20 bits per heavy atom. The van der Waals surface area contributed by atoms with Crippen molar-refractivity contribution in [2.45, 2.75) is 44.2 Å². The van der Waals surface area contributed by atoms with E-state index in [0.29, 0.717) is 12.1 Å². The highest BCUT2D eigenvalue weighted by Gasteiger charge is 2.36. The van der Waals surface area contributed by atoms with Gasteiger partial charge in [0.05, 0.1) is 11.6 Å². The van der Waals surface area contributed by atoms with E-state index in [1.54, 1.807) is 0 Å². The molecule has 106 valence electrons. The summed E-state index contributed by atoms with van der Waals surface area (Å²) in [6, 6.07) is 5.09. The number of pyridine rings is 1. The molecule has 20 heavy (non-hydrogen) atoms. The fourth-order valence-electron chi connectivity index (χ4n) is 3.74. The van der Waals surface area contributed by atoms with Gasteiger partial charge in [-0.05, 0) is 37.3 Å². The third-order valence-corrected chi connectivity index (χ3v) is 4.81. The number of H-pyrrole nitrogens is 1. The average molecular weight is 271 g/mol. The van der Waals surface area contributed by atoms with Crippen molar-refractivity contribution >= 4 is 17.0 Å². The third-order valence-electron chi connectivity index (χ3n) is 4.81. The van der Waals surface area contributed by atoms with Gasteiger partial charge in [-0.3, -0.25) is 0 Å².